The zero-order chi connectivity index (χ0) is 15.6. The number of nitrogens with one attached hydrogen (secondary N) is 1. The predicted octanol–water partition coefficient (Wildman–Crippen LogP) is 1.22. The van der Waals surface area contributed by atoms with Crippen LogP contribution in [-0.4, -0.2) is 33.6 Å². The fourth-order valence-corrected chi connectivity index (χ4v) is 3.21. The maximum absolute atomic E-state index is 12.4. The number of sulfonamides is 1. The Bertz CT molecular complexity index is 615. The van der Waals surface area contributed by atoms with Gasteiger partial charge >= 0.3 is 5.97 Å². The van der Waals surface area contributed by atoms with Crippen molar-refractivity contribution in [2.45, 2.75) is 31.2 Å². The van der Waals surface area contributed by atoms with Gasteiger partial charge in [0.1, 0.15) is 0 Å². The third kappa shape index (κ3) is 4.96. The van der Waals surface area contributed by atoms with Crippen molar-refractivity contribution in [2.24, 2.45) is 5.73 Å². The van der Waals surface area contributed by atoms with Gasteiger partial charge in [-0.05, 0) is 32.9 Å². The minimum Gasteiger partial charge on any atom is -0.465 e. The summed E-state index contributed by atoms with van der Waals surface area (Å²) in [6, 6.07) is 4.49. The summed E-state index contributed by atoms with van der Waals surface area (Å²) in [5.41, 5.74) is 5.49. The Morgan fingerprint density at radius 1 is 1.38 bits per heavy atom. The topological polar surface area (TPSA) is 98.5 Å². The quantitative estimate of drug-likeness (QED) is 0.788. The molecule has 1 aromatic carbocycles. The molecule has 6 nitrogen and oxygen atoms in total. The molecule has 0 aliphatic carbocycles. The summed E-state index contributed by atoms with van der Waals surface area (Å²) in [5, 5.41) is 0. The molecule has 0 aromatic heterocycles. The summed E-state index contributed by atoms with van der Waals surface area (Å²) in [7, 11) is -2.66. The minimum atomic E-state index is -3.86. The highest BCUT2D eigenvalue weighted by Gasteiger charge is 2.28. The Morgan fingerprint density at radius 3 is 2.43 bits per heavy atom. The van der Waals surface area contributed by atoms with Crippen LogP contribution in [0.2, 0.25) is 0 Å². The molecule has 8 heteroatoms. The normalized spacial score (nSPS) is 11.7. The molecule has 0 spiro atoms. The second kappa shape index (κ2) is 7.22. The van der Waals surface area contributed by atoms with Gasteiger partial charge < -0.3 is 10.5 Å². The van der Waals surface area contributed by atoms with Gasteiger partial charge in [0.2, 0.25) is 10.0 Å². The Morgan fingerprint density at radius 2 is 1.95 bits per heavy atom. The number of esters is 1. The lowest BCUT2D eigenvalue weighted by Gasteiger charge is -2.24. The maximum atomic E-state index is 12.4. The first kappa shape index (κ1) is 19.9. The van der Waals surface area contributed by atoms with Crippen LogP contribution >= 0.6 is 12.4 Å². The zero-order valence-corrected chi connectivity index (χ0v) is 14.1. The number of aryl methyl sites for hydroxylation is 1. The third-order valence-electron chi connectivity index (χ3n) is 2.75. The number of nitrogens with two attached hydrogens (primary N) is 1. The minimum absolute atomic E-state index is 0. The van der Waals surface area contributed by atoms with E-state index in [9.17, 15) is 13.2 Å². The molecule has 0 radical (unpaired) electrons. The molecule has 0 aliphatic rings. The molecular weight excluding hydrogens is 316 g/mol. The summed E-state index contributed by atoms with van der Waals surface area (Å²) in [6.45, 7) is 5.22. The first-order chi connectivity index (χ1) is 9.13. The van der Waals surface area contributed by atoms with E-state index in [-0.39, 0.29) is 29.4 Å². The number of carbonyl (C=O) groups is 1. The average Bonchev–Trinajstić information content (AvgIpc) is 2.36. The number of hydrogen-bond donors (Lipinski definition) is 2. The number of carbonyl (C=O) groups excluding carboxylic acids is 1. The molecule has 0 unspecified atom stereocenters. The molecule has 0 aliphatic heterocycles. The van der Waals surface area contributed by atoms with E-state index in [2.05, 4.69) is 9.46 Å². The van der Waals surface area contributed by atoms with Crippen molar-refractivity contribution >= 4 is 28.4 Å². The molecule has 120 valence electrons. The van der Waals surface area contributed by atoms with Crippen LogP contribution in [0.3, 0.4) is 0 Å². The molecular formula is C13H21ClN2O4S. The van der Waals surface area contributed by atoms with E-state index in [4.69, 9.17) is 5.73 Å². The van der Waals surface area contributed by atoms with Gasteiger partial charge in [-0.2, -0.15) is 0 Å². The summed E-state index contributed by atoms with van der Waals surface area (Å²) in [6.07, 6.45) is 0. The molecule has 1 aromatic rings. The van der Waals surface area contributed by atoms with E-state index in [1.54, 1.807) is 26.8 Å². The van der Waals surface area contributed by atoms with Crippen molar-refractivity contribution in [3.63, 3.8) is 0 Å². The zero-order valence-electron chi connectivity index (χ0n) is 12.5. The SMILES string of the molecule is COC(=O)c1cc(C)ccc1S(=O)(=O)NC(C)(C)CN.Cl. The van der Waals surface area contributed by atoms with Gasteiger partial charge in [0.05, 0.1) is 17.6 Å². The van der Waals surface area contributed by atoms with E-state index in [0.29, 0.717) is 0 Å². The largest absolute Gasteiger partial charge is 0.465 e. The maximum Gasteiger partial charge on any atom is 0.339 e. The predicted molar refractivity (Wildman–Crippen MR) is 83.2 cm³/mol. The third-order valence-corrected chi connectivity index (χ3v) is 4.51. The fraction of sp³-hybridized carbons (Fsp3) is 0.462. The molecule has 0 heterocycles. The Hall–Kier alpha value is -1.15. The van der Waals surface area contributed by atoms with Crippen LogP contribution in [0.25, 0.3) is 0 Å². The lowest BCUT2D eigenvalue weighted by atomic mass is 10.1. The van der Waals surface area contributed by atoms with Gasteiger partial charge in [-0.3, -0.25) is 0 Å². The molecule has 0 saturated heterocycles. The van der Waals surface area contributed by atoms with Crippen molar-refractivity contribution in [1.82, 2.24) is 4.72 Å². The Balaban J connectivity index is 0.00000400. The standard InChI is InChI=1S/C13H20N2O4S.ClH/c1-9-5-6-11(10(7-9)12(16)19-4)20(17,18)15-13(2,3)8-14;/h5-7,15H,8,14H2,1-4H3;1H. The number of hydrogen-bond acceptors (Lipinski definition) is 5. The second-order valence-corrected chi connectivity index (χ2v) is 6.84. The average molecular weight is 337 g/mol. The van der Waals surface area contributed by atoms with Crippen LogP contribution in [0, 0.1) is 6.92 Å². The second-order valence-electron chi connectivity index (χ2n) is 5.18. The molecule has 1 rings (SSSR count). The summed E-state index contributed by atoms with van der Waals surface area (Å²) >= 11 is 0. The molecule has 0 bridgehead atoms. The van der Waals surface area contributed by atoms with E-state index >= 15 is 0 Å². The van der Waals surface area contributed by atoms with Crippen LogP contribution < -0.4 is 10.5 Å². The van der Waals surface area contributed by atoms with Gasteiger partial charge in [0.25, 0.3) is 0 Å². The molecule has 21 heavy (non-hydrogen) atoms. The van der Waals surface area contributed by atoms with E-state index in [1.807, 2.05) is 0 Å². The van der Waals surface area contributed by atoms with Gasteiger partial charge in [-0.15, -0.1) is 12.4 Å². The summed E-state index contributed by atoms with van der Waals surface area (Å²) < 4.78 is 31.9. The van der Waals surface area contributed by atoms with Crippen LogP contribution in [0.15, 0.2) is 23.1 Å². The van der Waals surface area contributed by atoms with Crippen molar-refractivity contribution in [3.8, 4) is 0 Å². The molecule has 0 atom stereocenters. The molecule has 0 amide bonds. The van der Waals surface area contributed by atoms with Gasteiger partial charge in [-0.1, -0.05) is 11.6 Å². The van der Waals surface area contributed by atoms with Gasteiger partial charge in [0, 0.05) is 12.1 Å². The van der Waals surface area contributed by atoms with E-state index < -0.39 is 21.5 Å². The molecule has 3 N–H and O–H groups in total. The van der Waals surface area contributed by atoms with Crippen molar-refractivity contribution < 1.29 is 17.9 Å². The van der Waals surface area contributed by atoms with Crippen LogP contribution in [0.4, 0.5) is 0 Å². The number of methoxy groups -OCH3 is 1. The highest BCUT2D eigenvalue weighted by molar-refractivity contribution is 7.89. The van der Waals surface area contributed by atoms with Crippen molar-refractivity contribution in [2.75, 3.05) is 13.7 Å². The summed E-state index contributed by atoms with van der Waals surface area (Å²) in [5.74, 6) is -0.695. The first-order valence-electron chi connectivity index (χ1n) is 6.06. The number of halogens is 1. The lowest BCUT2D eigenvalue weighted by Crippen LogP contribution is -2.48. The Labute approximate surface area is 131 Å². The first-order valence-corrected chi connectivity index (χ1v) is 7.54. The monoisotopic (exact) mass is 336 g/mol. The smallest absolute Gasteiger partial charge is 0.339 e. The fourth-order valence-electron chi connectivity index (χ4n) is 1.61. The highest BCUT2D eigenvalue weighted by atomic mass is 35.5. The van der Waals surface area contributed by atoms with E-state index in [1.165, 1.54) is 19.2 Å². The number of benzene rings is 1. The number of ether oxygens (including phenoxy) is 1. The van der Waals surface area contributed by atoms with Crippen LogP contribution in [0.1, 0.15) is 29.8 Å². The Kier molecular flexibility index (Phi) is 6.82. The van der Waals surface area contributed by atoms with Crippen LogP contribution in [-0.2, 0) is 14.8 Å². The molecule has 0 saturated carbocycles. The van der Waals surface area contributed by atoms with Gasteiger partial charge in [0.15, 0.2) is 0 Å². The van der Waals surface area contributed by atoms with Crippen molar-refractivity contribution in [1.29, 1.82) is 0 Å². The molecule has 0 fully saturated rings. The van der Waals surface area contributed by atoms with Crippen molar-refractivity contribution in [3.05, 3.63) is 29.3 Å². The lowest BCUT2D eigenvalue weighted by molar-refractivity contribution is 0.0596. The van der Waals surface area contributed by atoms with E-state index in [0.717, 1.165) is 5.56 Å². The highest BCUT2D eigenvalue weighted by Crippen LogP contribution is 2.20. The number of rotatable bonds is 5. The summed E-state index contributed by atoms with van der Waals surface area (Å²) in [4.78, 5) is 11.6. The van der Waals surface area contributed by atoms with Crippen LogP contribution in [0.5, 0.6) is 0 Å². The van der Waals surface area contributed by atoms with Gasteiger partial charge in [-0.25, -0.2) is 17.9 Å².